The van der Waals surface area contributed by atoms with Crippen LogP contribution in [0.2, 0.25) is 0 Å². The molecule has 0 atom stereocenters. The number of nitrogens with zero attached hydrogens (tertiary/aromatic N) is 4. The molecule has 2 rings (SSSR count). The zero-order valence-electron chi connectivity index (χ0n) is 7.07. The van der Waals surface area contributed by atoms with Gasteiger partial charge in [-0.05, 0) is 17.1 Å². The minimum absolute atomic E-state index is 0.256. The second-order valence-corrected chi connectivity index (χ2v) is 2.61. The Hall–Kier alpha value is -2.24. The minimum Gasteiger partial charge on any atom is -0.358 e. The van der Waals surface area contributed by atoms with Gasteiger partial charge in [0.15, 0.2) is 0 Å². The van der Waals surface area contributed by atoms with Crippen LogP contribution in [0.5, 0.6) is 0 Å². The maximum atomic E-state index is 10.3. The number of benzene rings is 1. The molecule has 0 amide bonds. The van der Waals surface area contributed by atoms with E-state index in [1.807, 2.05) is 18.2 Å². The Bertz CT molecular complexity index is 451. The van der Waals surface area contributed by atoms with Gasteiger partial charge >= 0.3 is 5.82 Å². The van der Waals surface area contributed by atoms with Gasteiger partial charge in [0, 0.05) is 0 Å². The largest absolute Gasteiger partial charge is 0.410 e. The molecule has 0 aliphatic rings. The van der Waals surface area contributed by atoms with Crippen LogP contribution in [0, 0.1) is 10.1 Å². The van der Waals surface area contributed by atoms with E-state index in [0.29, 0.717) is 0 Å². The van der Waals surface area contributed by atoms with Crippen molar-refractivity contribution in [2.24, 2.45) is 0 Å². The van der Waals surface area contributed by atoms with Crippen LogP contribution < -0.4 is 0 Å². The van der Waals surface area contributed by atoms with Crippen molar-refractivity contribution in [3.8, 4) is 5.69 Å². The van der Waals surface area contributed by atoms with E-state index in [0.717, 1.165) is 5.69 Å². The van der Waals surface area contributed by atoms with Gasteiger partial charge in [0.25, 0.3) is 0 Å². The Balaban J connectivity index is 2.39. The lowest BCUT2D eigenvalue weighted by atomic mass is 10.3. The number of hydrogen-bond acceptors (Lipinski definition) is 4. The highest BCUT2D eigenvalue weighted by atomic mass is 16.6. The summed E-state index contributed by atoms with van der Waals surface area (Å²) < 4.78 is 1.36. The third-order valence-corrected chi connectivity index (χ3v) is 1.69. The van der Waals surface area contributed by atoms with Crippen molar-refractivity contribution < 1.29 is 4.92 Å². The Kier molecular flexibility index (Phi) is 1.94. The van der Waals surface area contributed by atoms with E-state index in [9.17, 15) is 10.1 Å². The fourth-order valence-corrected chi connectivity index (χ4v) is 1.05. The smallest absolute Gasteiger partial charge is 0.358 e. The van der Waals surface area contributed by atoms with Gasteiger partial charge in [0.1, 0.15) is 11.3 Å². The Labute approximate surface area is 78.9 Å². The molecule has 2 aromatic rings. The summed E-state index contributed by atoms with van der Waals surface area (Å²) in [5.74, 6) is -0.256. The Morgan fingerprint density at radius 3 is 2.57 bits per heavy atom. The molecule has 0 radical (unpaired) electrons. The molecule has 0 saturated carbocycles. The second-order valence-electron chi connectivity index (χ2n) is 2.61. The average molecular weight is 190 g/mol. The van der Waals surface area contributed by atoms with Crippen LogP contribution in [0.1, 0.15) is 0 Å². The summed E-state index contributed by atoms with van der Waals surface area (Å²) >= 11 is 0. The van der Waals surface area contributed by atoms with E-state index in [1.54, 1.807) is 12.1 Å². The molecule has 0 spiro atoms. The first-order valence-corrected chi connectivity index (χ1v) is 3.89. The van der Waals surface area contributed by atoms with E-state index in [-0.39, 0.29) is 5.82 Å². The molecule has 0 N–H and O–H groups in total. The first-order valence-electron chi connectivity index (χ1n) is 3.89. The molecule has 1 heterocycles. The van der Waals surface area contributed by atoms with Crippen LogP contribution in [-0.4, -0.2) is 19.9 Å². The van der Waals surface area contributed by atoms with Crippen molar-refractivity contribution in [3.05, 3.63) is 46.6 Å². The molecule has 1 aromatic heterocycles. The van der Waals surface area contributed by atoms with Crippen molar-refractivity contribution in [2.45, 2.75) is 0 Å². The van der Waals surface area contributed by atoms with Crippen molar-refractivity contribution in [1.82, 2.24) is 15.0 Å². The number of rotatable bonds is 2. The lowest BCUT2D eigenvalue weighted by molar-refractivity contribution is -0.389. The third kappa shape index (κ3) is 1.45. The third-order valence-electron chi connectivity index (χ3n) is 1.69. The van der Waals surface area contributed by atoms with Crippen LogP contribution in [0.25, 0.3) is 5.69 Å². The minimum atomic E-state index is -0.577. The average Bonchev–Trinajstić information content (AvgIpc) is 2.68. The van der Waals surface area contributed by atoms with Crippen molar-refractivity contribution in [2.75, 3.05) is 0 Å². The molecule has 0 unspecified atom stereocenters. The van der Waals surface area contributed by atoms with Crippen LogP contribution >= 0.6 is 0 Å². The number of para-hydroxylation sites is 1. The monoisotopic (exact) mass is 190 g/mol. The van der Waals surface area contributed by atoms with Crippen molar-refractivity contribution in [1.29, 1.82) is 0 Å². The summed E-state index contributed by atoms with van der Waals surface area (Å²) in [6, 6.07) is 9.08. The topological polar surface area (TPSA) is 73.8 Å². The van der Waals surface area contributed by atoms with Crippen LogP contribution in [-0.2, 0) is 0 Å². The maximum absolute atomic E-state index is 10.3. The van der Waals surface area contributed by atoms with Gasteiger partial charge in [0.2, 0.25) is 0 Å². The zero-order chi connectivity index (χ0) is 9.97. The molecule has 0 saturated heterocycles. The molecular weight excluding hydrogens is 184 g/mol. The first kappa shape index (κ1) is 8.36. The fourth-order valence-electron chi connectivity index (χ4n) is 1.05. The van der Waals surface area contributed by atoms with Gasteiger partial charge < -0.3 is 10.1 Å². The summed E-state index contributed by atoms with van der Waals surface area (Å²) in [5.41, 5.74) is 0.744. The number of aromatic nitrogens is 3. The lowest BCUT2D eigenvalue weighted by Crippen LogP contribution is -1.93. The van der Waals surface area contributed by atoms with E-state index in [2.05, 4.69) is 10.3 Å². The lowest BCUT2D eigenvalue weighted by Gasteiger charge is -1.94. The normalized spacial score (nSPS) is 10.0. The molecule has 6 nitrogen and oxygen atoms in total. The fraction of sp³-hybridized carbons (Fsp3) is 0. The van der Waals surface area contributed by atoms with Crippen LogP contribution in [0.3, 0.4) is 0 Å². The molecule has 0 aliphatic heterocycles. The molecule has 6 heteroatoms. The second kappa shape index (κ2) is 3.25. The molecule has 14 heavy (non-hydrogen) atoms. The highest BCUT2D eigenvalue weighted by Crippen LogP contribution is 2.09. The van der Waals surface area contributed by atoms with E-state index in [4.69, 9.17) is 0 Å². The summed E-state index contributed by atoms with van der Waals surface area (Å²) in [5, 5.41) is 17.4. The highest BCUT2D eigenvalue weighted by molar-refractivity contribution is 5.31. The predicted molar refractivity (Wildman–Crippen MR) is 48.0 cm³/mol. The maximum Gasteiger partial charge on any atom is 0.410 e. The van der Waals surface area contributed by atoms with Crippen LogP contribution in [0.4, 0.5) is 5.82 Å². The van der Waals surface area contributed by atoms with Gasteiger partial charge in [-0.1, -0.05) is 18.2 Å². The molecular formula is C8H6N4O2. The highest BCUT2D eigenvalue weighted by Gasteiger charge is 2.12. The number of nitro groups is 1. The zero-order valence-corrected chi connectivity index (χ0v) is 7.07. The van der Waals surface area contributed by atoms with Crippen molar-refractivity contribution in [3.63, 3.8) is 0 Å². The molecule has 0 aliphatic carbocycles. The Morgan fingerprint density at radius 2 is 2.00 bits per heavy atom. The summed E-state index contributed by atoms with van der Waals surface area (Å²) in [7, 11) is 0. The molecule has 70 valence electrons. The van der Waals surface area contributed by atoms with Gasteiger partial charge in [-0.2, -0.15) is 4.68 Å². The summed E-state index contributed by atoms with van der Waals surface area (Å²) in [6.45, 7) is 0. The van der Waals surface area contributed by atoms with Gasteiger partial charge in [-0.15, -0.1) is 0 Å². The predicted octanol–water partition coefficient (Wildman–Crippen LogP) is 1.18. The molecule has 1 aromatic carbocycles. The van der Waals surface area contributed by atoms with Gasteiger partial charge in [0.05, 0.1) is 10.9 Å². The summed E-state index contributed by atoms with van der Waals surface area (Å²) in [6.07, 6.45) is 1.27. The number of hydrogen-bond donors (Lipinski definition) is 0. The summed E-state index contributed by atoms with van der Waals surface area (Å²) in [4.78, 5) is 9.76. The SMILES string of the molecule is O=[N+]([O-])c1cn(-c2ccccc2)nn1. The van der Waals surface area contributed by atoms with Gasteiger partial charge in [-0.3, -0.25) is 0 Å². The standard InChI is InChI=1S/C8H6N4O2/c13-12(14)8-6-11(10-9-8)7-4-2-1-3-5-7/h1-6H. The van der Waals surface area contributed by atoms with E-state index in [1.165, 1.54) is 10.9 Å². The quantitative estimate of drug-likeness (QED) is 0.526. The first-order chi connectivity index (χ1) is 6.77. The Morgan fingerprint density at radius 1 is 1.29 bits per heavy atom. The van der Waals surface area contributed by atoms with Gasteiger partial charge in [-0.25, -0.2) is 0 Å². The van der Waals surface area contributed by atoms with Crippen LogP contribution in [0.15, 0.2) is 36.5 Å². The molecule has 0 fully saturated rings. The molecule has 0 bridgehead atoms. The van der Waals surface area contributed by atoms with Crippen molar-refractivity contribution >= 4 is 5.82 Å². The van der Waals surface area contributed by atoms with E-state index >= 15 is 0 Å². The van der Waals surface area contributed by atoms with E-state index < -0.39 is 4.92 Å².